The first-order valence-corrected chi connectivity index (χ1v) is 25.6. The summed E-state index contributed by atoms with van der Waals surface area (Å²) in [6.07, 6.45) is 1.05. The Kier molecular flexibility index (Phi) is 16.9. The van der Waals surface area contributed by atoms with E-state index in [1.807, 2.05) is 20.8 Å². The number of carbonyl (C=O) groups is 9. The summed E-state index contributed by atoms with van der Waals surface area (Å²) in [6.45, 7) is 5.14. The molecule has 4 atom stereocenters. The van der Waals surface area contributed by atoms with Crippen molar-refractivity contribution in [2.24, 2.45) is 11.3 Å². The highest BCUT2D eigenvalue weighted by atomic mass is 19.1. The fraction of sp³-hybridized carbons (Fsp3) is 0.463. The summed E-state index contributed by atoms with van der Waals surface area (Å²) in [5.74, 6) is -5.74. The fourth-order valence-electron chi connectivity index (χ4n) is 10.3. The number of pyridine rings is 2. The molecule has 408 valence electrons. The van der Waals surface area contributed by atoms with Gasteiger partial charge in [0.05, 0.1) is 60.6 Å². The zero-order chi connectivity index (χ0) is 55.3. The molecule has 1 unspecified atom stereocenters. The highest BCUT2D eigenvalue weighted by Crippen LogP contribution is 2.45. The lowest BCUT2D eigenvalue weighted by atomic mass is 9.80. The maximum atomic E-state index is 15.3. The normalized spacial score (nSPS) is 17.7. The number of aliphatic hydroxyl groups excluding tert-OH is 1. The zero-order valence-electron chi connectivity index (χ0n) is 43.2. The molecule has 1 fully saturated rings. The number of hydrogen-bond acceptors (Lipinski definition) is 14. The maximum absolute atomic E-state index is 15.3. The van der Waals surface area contributed by atoms with Crippen LogP contribution in [0, 0.1) is 24.1 Å². The van der Waals surface area contributed by atoms with Crippen LogP contribution in [-0.2, 0) is 78.6 Å². The number of unbranched alkanes of at least 4 members (excludes halogenated alkanes) is 2. The molecule has 0 radical (unpaired) electrons. The van der Waals surface area contributed by atoms with E-state index in [-0.39, 0.29) is 73.2 Å². The van der Waals surface area contributed by atoms with Gasteiger partial charge in [0, 0.05) is 48.4 Å². The van der Waals surface area contributed by atoms with Gasteiger partial charge in [-0.2, -0.15) is 0 Å². The summed E-state index contributed by atoms with van der Waals surface area (Å²) in [5.41, 5.74) is 3.55. The lowest BCUT2D eigenvalue weighted by molar-refractivity contribution is -0.157. The molecular weight excluding hydrogens is 1000 g/mol. The number of likely N-dealkylation sites (tertiary alicyclic amines) is 1. The smallest absolute Gasteiger partial charge is 0.340 e. The van der Waals surface area contributed by atoms with E-state index >= 15 is 4.39 Å². The zero-order valence-corrected chi connectivity index (χ0v) is 43.2. The number of esters is 1. The van der Waals surface area contributed by atoms with E-state index in [1.165, 1.54) is 21.6 Å². The number of aliphatic hydroxyl groups is 1. The van der Waals surface area contributed by atoms with Gasteiger partial charge in [0.25, 0.3) is 5.56 Å². The van der Waals surface area contributed by atoms with Gasteiger partial charge in [-0.3, -0.25) is 48.1 Å². The molecule has 2 aromatic heterocycles. The van der Waals surface area contributed by atoms with Crippen LogP contribution in [-0.4, -0.2) is 118 Å². The molecule has 1 aliphatic carbocycles. The number of nitrogens with zero attached hydrogens (tertiary/aromatic N) is 3. The Labute approximate surface area is 441 Å². The Morgan fingerprint density at radius 3 is 2.32 bits per heavy atom. The van der Waals surface area contributed by atoms with Gasteiger partial charge in [0.15, 0.2) is 6.10 Å². The number of ether oxygens (including phenoxy) is 2. The minimum absolute atomic E-state index is 0.0380. The lowest BCUT2D eigenvalue weighted by Gasteiger charge is -2.29. The Hall–Kier alpha value is -7.92. The van der Waals surface area contributed by atoms with Crippen molar-refractivity contribution in [3.63, 3.8) is 0 Å². The van der Waals surface area contributed by atoms with Crippen LogP contribution in [0.25, 0.3) is 22.3 Å². The van der Waals surface area contributed by atoms with Crippen LogP contribution in [0.1, 0.15) is 110 Å². The van der Waals surface area contributed by atoms with Crippen molar-refractivity contribution < 1.29 is 62.1 Å². The second kappa shape index (κ2) is 23.5. The number of aromatic nitrogens is 2. The molecule has 0 bridgehead atoms. The van der Waals surface area contributed by atoms with Crippen molar-refractivity contribution in [3.8, 4) is 11.4 Å². The number of benzene rings is 2. The summed E-state index contributed by atoms with van der Waals surface area (Å²) in [7, 11) is 0. The topological polar surface area (TPSA) is 303 Å². The largest absolute Gasteiger partial charge is 0.458 e. The molecule has 2 aromatic carbocycles. The highest BCUT2D eigenvalue weighted by molar-refractivity contribution is 6.04. The number of imide groups is 1. The lowest BCUT2D eigenvalue weighted by Crippen LogP contribution is -2.52. The van der Waals surface area contributed by atoms with E-state index in [1.54, 1.807) is 37.3 Å². The van der Waals surface area contributed by atoms with Crippen LogP contribution in [0.3, 0.4) is 0 Å². The highest BCUT2D eigenvalue weighted by Gasteiger charge is 2.44. The third kappa shape index (κ3) is 12.5. The molecule has 8 rings (SSSR count). The SMILES string of the molecule is Cc1c(F)cc2nc3c(c4c2c1CC[C@@H]4NC(=O)COCNC(=O)CNC(=O)[C@H](Cc1ccccc1)NC(=O)CNC(=O)CNC(=O)CCCCCN1C(=O)CC(C(C)(C)C)C1=O)Cn1c-3cc2c(c1=O)COC(=O)[C@H]2O. The summed E-state index contributed by atoms with van der Waals surface area (Å²) in [4.78, 5) is 135. The molecule has 0 saturated carbocycles. The average molecular weight is 1060 g/mol. The molecule has 8 amide bonds. The van der Waals surface area contributed by atoms with Crippen LogP contribution in [0.15, 0.2) is 47.3 Å². The van der Waals surface area contributed by atoms with E-state index in [2.05, 4.69) is 31.9 Å². The van der Waals surface area contributed by atoms with Crippen molar-refractivity contribution in [2.45, 2.75) is 110 Å². The number of halogens is 1. The van der Waals surface area contributed by atoms with Gasteiger partial charge < -0.3 is 51.0 Å². The van der Waals surface area contributed by atoms with Crippen LogP contribution in [0.4, 0.5) is 4.39 Å². The Bertz CT molecular complexity index is 3120. The molecule has 1 saturated heterocycles. The first-order chi connectivity index (χ1) is 36.7. The van der Waals surface area contributed by atoms with Gasteiger partial charge >= 0.3 is 5.97 Å². The number of nitrogens with one attached hydrogen (secondary N) is 6. The second-order valence-corrected chi connectivity index (χ2v) is 20.7. The molecule has 22 nitrogen and oxygen atoms in total. The summed E-state index contributed by atoms with van der Waals surface area (Å²) >= 11 is 0. The summed E-state index contributed by atoms with van der Waals surface area (Å²) < 4.78 is 27.2. The van der Waals surface area contributed by atoms with Gasteiger partial charge in [0.2, 0.25) is 47.3 Å². The number of fused-ring (bicyclic) bond motifs is 5. The Balaban J connectivity index is 0.775. The minimum Gasteiger partial charge on any atom is -0.458 e. The first-order valence-electron chi connectivity index (χ1n) is 25.6. The molecule has 4 aromatic rings. The van der Waals surface area contributed by atoms with Gasteiger partial charge in [-0.05, 0) is 66.3 Å². The molecule has 3 aliphatic heterocycles. The Morgan fingerprint density at radius 1 is 0.870 bits per heavy atom. The van der Waals surface area contributed by atoms with Gasteiger partial charge in [-0.1, -0.05) is 57.5 Å². The molecule has 7 N–H and O–H groups in total. The van der Waals surface area contributed by atoms with Gasteiger partial charge in [-0.15, -0.1) is 0 Å². The average Bonchev–Trinajstić information content (AvgIpc) is 3.92. The summed E-state index contributed by atoms with van der Waals surface area (Å²) in [6, 6.07) is 9.80. The van der Waals surface area contributed by atoms with E-state index in [9.17, 15) is 53.1 Å². The van der Waals surface area contributed by atoms with E-state index in [0.717, 1.165) is 5.56 Å². The van der Waals surface area contributed by atoms with Crippen molar-refractivity contribution in [2.75, 3.05) is 39.5 Å². The third-order valence-corrected chi connectivity index (χ3v) is 14.4. The molecule has 23 heteroatoms. The van der Waals surface area contributed by atoms with Crippen LogP contribution in [0.2, 0.25) is 0 Å². The predicted molar refractivity (Wildman–Crippen MR) is 272 cm³/mol. The van der Waals surface area contributed by atoms with E-state index in [4.69, 9.17) is 14.5 Å². The van der Waals surface area contributed by atoms with Gasteiger partial charge in [-0.25, -0.2) is 14.2 Å². The van der Waals surface area contributed by atoms with Crippen LogP contribution in [0.5, 0.6) is 0 Å². The number of carbonyl (C=O) groups excluding carboxylic acids is 9. The number of hydrogen-bond donors (Lipinski definition) is 7. The van der Waals surface area contributed by atoms with E-state index in [0.29, 0.717) is 76.6 Å². The third-order valence-electron chi connectivity index (χ3n) is 14.4. The van der Waals surface area contributed by atoms with Crippen molar-refractivity contribution in [3.05, 3.63) is 97.6 Å². The van der Waals surface area contributed by atoms with Crippen molar-refractivity contribution in [1.29, 1.82) is 0 Å². The standard InChI is InChI=1S/C54H62FN9O13/c1-28-30-14-15-36(47-32-24-64-39(48(32)62-37(46(30)47)20-35(28)55)18-31-33(51(64)73)25-77-53(75)49(31)71)60-44(69)26-76-27-59-42(67)22-58-50(72)38(17-29-11-7-5-8-12-29)61-43(68)23-57-41(66)21-56-40(65)13-9-6-10-16-63-45(70)19-34(52(63)74)54(2,3)4/h5,7-8,11-12,18,20,34,36,38,49,71H,6,9-10,13-17,19,21-27H2,1-4H3,(H,56,65)(H,57,66)(H,58,72)(H,59,67)(H,60,69)(H,61,68)/t34?,36-,38-,49-/m0/s1. The van der Waals surface area contributed by atoms with Gasteiger partial charge in [0.1, 0.15) is 31.8 Å². The molecule has 0 spiro atoms. The maximum Gasteiger partial charge on any atom is 0.340 e. The minimum atomic E-state index is -1.67. The number of amides is 8. The molecule has 4 aliphatic rings. The number of cyclic esters (lactones) is 1. The number of aryl methyl sites for hydroxylation is 1. The summed E-state index contributed by atoms with van der Waals surface area (Å²) in [5, 5.41) is 26.7. The van der Waals surface area contributed by atoms with Crippen LogP contribution < -0.4 is 37.5 Å². The van der Waals surface area contributed by atoms with Crippen molar-refractivity contribution in [1.82, 2.24) is 46.4 Å². The van der Waals surface area contributed by atoms with E-state index < -0.39 is 104 Å². The molecule has 5 heterocycles. The first kappa shape index (κ1) is 55.3. The fourth-order valence-corrected chi connectivity index (χ4v) is 10.3. The second-order valence-electron chi connectivity index (χ2n) is 20.7. The molecule has 77 heavy (non-hydrogen) atoms. The van der Waals surface area contributed by atoms with Crippen LogP contribution >= 0.6 is 0 Å². The Morgan fingerprint density at radius 2 is 1.58 bits per heavy atom. The molecular formula is C54H62FN9O13. The monoisotopic (exact) mass is 1060 g/mol. The number of rotatable bonds is 21. The van der Waals surface area contributed by atoms with Crippen molar-refractivity contribution >= 4 is 64.1 Å². The predicted octanol–water partition coefficient (Wildman–Crippen LogP) is 1.21. The quantitative estimate of drug-likeness (QED) is 0.0235.